The van der Waals surface area contributed by atoms with Gasteiger partial charge in [0.25, 0.3) is 0 Å². The zero-order valence-electron chi connectivity index (χ0n) is 11.1. The van der Waals surface area contributed by atoms with Gasteiger partial charge >= 0.3 is 0 Å². The minimum absolute atomic E-state index is 0.108. The summed E-state index contributed by atoms with van der Waals surface area (Å²) in [6.07, 6.45) is 0.0948. The number of thiophene rings is 1. The zero-order chi connectivity index (χ0) is 13.1. The molecule has 0 fully saturated rings. The highest BCUT2D eigenvalue weighted by atomic mass is 32.1. The van der Waals surface area contributed by atoms with Crippen LogP contribution in [-0.2, 0) is 11.2 Å². The first kappa shape index (κ1) is 13.5. The van der Waals surface area contributed by atoms with Crippen LogP contribution in [0.2, 0.25) is 0 Å². The Balaban J connectivity index is 2.18. The molecule has 0 bridgehead atoms. The lowest BCUT2D eigenvalue weighted by atomic mass is 9.96. The van der Waals surface area contributed by atoms with E-state index < -0.39 is 6.10 Å². The summed E-state index contributed by atoms with van der Waals surface area (Å²) >= 11 is 1.73. The molecular formula is C15H20O2S. The fourth-order valence-corrected chi connectivity index (χ4v) is 3.38. The summed E-state index contributed by atoms with van der Waals surface area (Å²) in [5.74, 6) is 0.315. The van der Waals surface area contributed by atoms with Crippen LogP contribution in [0.1, 0.15) is 19.4 Å². The molecule has 0 amide bonds. The molecule has 2 nitrogen and oxygen atoms in total. The monoisotopic (exact) mass is 264 g/mol. The van der Waals surface area contributed by atoms with Gasteiger partial charge in [0.05, 0.1) is 12.2 Å². The molecule has 2 rings (SSSR count). The van der Waals surface area contributed by atoms with Gasteiger partial charge in [0.1, 0.15) is 0 Å². The van der Waals surface area contributed by atoms with Crippen LogP contribution in [0.4, 0.5) is 0 Å². The molecule has 1 aromatic heterocycles. The molecule has 2 unspecified atom stereocenters. The predicted octanol–water partition coefficient (Wildman–Crippen LogP) is 3.48. The predicted molar refractivity (Wildman–Crippen MR) is 77.2 cm³/mol. The summed E-state index contributed by atoms with van der Waals surface area (Å²) in [6.45, 7) is 4.15. The van der Waals surface area contributed by atoms with Gasteiger partial charge in [-0.1, -0.05) is 32.0 Å². The van der Waals surface area contributed by atoms with E-state index in [1.54, 1.807) is 18.4 Å². The average molecular weight is 264 g/mol. The van der Waals surface area contributed by atoms with Gasteiger partial charge in [-0.25, -0.2) is 0 Å². The molecule has 1 N–H and O–H groups in total. The number of methoxy groups -OCH3 is 1. The van der Waals surface area contributed by atoms with Crippen molar-refractivity contribution >= 4 is 21.4 Å². The fourth-order valence-electron chi connectivity index (χ4n) is 2.41. The number of rotatable bonds is 5. The second-order valence-electron chi connectivity index (χ2n) is 4.97. The first-order valence-electron chi connectivity index (χ1n) is 6.29. The SMILES string of the molecule is COC(C(C)C)C(O)Cc1csc2ccccc12. The quantitative estimate of drug-likeness (QED) is 0.896. The standard InChI is InChI=1S/C15H20O2S/c1-10(2)15(17-3)13(16)8-11-9-18-14-7-5-4-6-12(11)14/h4-7,9-10,13,15-16H,8H2,1-3H3. The van der Waals surface area contributed by atoms with E-state index in [1.165, 1.54) is 15.6 Å². The Morgan fingerprint density at radius 2 is 2.00 bits per heavy atom. The van der Waals surface area contributed by atoms with Crippen LogP contribution < -0.4 is 0 Å². The number of aliphatic hydroxyl groups is 1. The summed E-state index contributed by atoms with van der Waals surface area (Å²) < 4.78 is 6.66. The molecule has 0 aliphatic carbocycles. The van der Waals surface area contributed by atoms with E-state index >= 15 is 0 Å². The van der Waals surface area contributed by atoms with Gasteiger partial charge in [-0.15, -0.1) is 11.3 Å². The van der Waals surface area contributed by atoms with E-state index in [-0.39, 0.29) is 6.10 Å². The lowest BCUT2D eigenvalue weighted by Crippen LogP contribution is -2.34. The van der Waals surface area contributed by atoms with Gasteiger partial charge in [0, 0.05) is 18.2 Å². The van der Waals surface area contributed by atoms with E-state index in [0.717, 1.165) is 0 Å². The van der Waals surface area contributed by atoms with Crippen LogP contribution in [0.25, 0.3) is 10.1 Å². The minimum Gasteiger partial charge on any atom is -0.390 e. The van der Waals surface area contributed by atoms with Gasteiger partial charge in [-0.05, 0) is 28.3 Å². The third kappa shape index (κ3) is 2.74. The molecule has 1 heterocycles. The van der Waals surface area contributed by atoms with Crippen molar-refractivity contribution in [3.8, 4) is 0 Å². The Hall–Kier alpha value is -0.900. The lowest BCUT2D eigenvalue weighted by Gasteiger charge is -2.24. The third-order valence-electron chi connectivity index (χ3n) is 3.30. The molecule has 0 spiro atoms. The average Bonchev–Trinajstić information content (AvgIpc) is 2.73. The molecule has 1 aromatic carbocycles. The summed E-state index contributed by atoms with van der Waals surface area (Å²) in [5.41, 5.74) is 1.21. The fraction of sp³-hybridized carbons (Fsp3) is 0.467. The highest BCUT2D eigenvalue weighted by Crippen LogP contribution is 2.27. The molecule has 2 aromatic rings. The molecule has 0 saturated heterocycles. The van der Waals surface area contributed by atoms with Crippen LogP contribution in [0.3, 0.4) is 0 Å². The second kappa shape index (κ2) is 5.83. The Bertz CT molecular complexity index is 504. The van der Waals surface area contributed by atoms with Crippen molar-refractivity contribution in [2.24, 2.45) is 5.92 Å². The third-order valence-corrected chi connectivity index (χ3v) is 4.31. The molecule has 0 aliphatic rings. The van der Waals surface area contributed by atoms with Gasteiger partial charge in [0.2, 0.25) is 0 Å². The highest BCUT2D eigenvalue weighted by molar-refractivity contribution is 7.17. The van der Waals surface area contributed by atoms with Crippen LogP contribution >= 0.6 is 11.3 Å². The maximum Gasteiger partial charge on any atom is 0.0856 e. The van der Waals surface area contributed by atoms with Crippen molar-refractivity contribution in [1.82, 2.24) is 0 Å². The molecule has 3 heteroatoms. The molecule has 0 saturated carbocycles. The second-order valence-corrected chi connectivity index (χ2v) is 5.88. The first-order valence-corrected chi connectivity index (χ1v) is 7.17. The Labute approximate surface area is 112 Å². The van der Waals surface area contributed by atoms with E-state index in [0.29, 0.717) is 12.3 Å². The summed E-state index contributed by atoms with van der Waals surface area (Å²) in [5, 5.41) is 13.7. The van der Waals surface area contributed by atoms with Gasteiger partial charge < -0.3 is 9.84 Å². The normalized spacial score (nSPS) is 15.2. The van der Waals surface area contributed by atoms with Crippen molar-refractivity contribution in [3.63, 3.8) is 0 Å². The number of fused-ring (bicyclic) bond motifs is 1. The maximum absolute atomic E-state index is 10.3. The van der Waals surface area contributed by atoms with E-state index in [4.69, 9.17) is 4.74 Å². The minimum atomic E-state index is -0.451. The van der Waals surface area contributed by atoms with Crippen molar-refractivity contribution in [2.45, 2.75) is 32.5 Å². The van der Waals surface area contributed by atoms with Crippen LogP contribution in [0.5, 0.6) is 0 Å². The molecule has 98 valence electrons. The Kier molecular flexibility index (Phi) is 4.38. The number of hydrogen-bond donors (Lipinski definition) is 1. The highest BCUT2D eigenvalue weighted by Gasteiger charge is 2.23. The molecule has 18 heavy (non-hydrogen) atoms. The number of hydrogen-bond acceptors (Lipinski definition) is 3. The van der Waals surface area contributed by atoms with Gasteiger partial charge in [-0.2, -0.15) is 0 Å². The van der Waals surface area contributed by atoms with E-state index in [1.807, 2.05) is 12.1 Å². The Morgan fingerprint density at radius 1 is 1.28 bits per heavy atom. The van der Waals surface area contributed by atoms with E-state index in [9.17, 15) is 5.11 Å². The lowest BCUT2D eigenvalue weighted by molar-refractivity contribution is -0.0366. The maximum atomic E-state index is 10.3. The van der Waals surface area contributed by atoms with Crippen molar-refractivity contribution < 1.29 is 9.84 Å². The van der Waals surface area contributed by atoms with Crippen molar-refractivity contribution in [3.05, 3.63) is 35.2 Å². The van der Waals surface area contributed by atoms with E-state index in [2.05, 4.69) is 31.4 Å². The van der Waals surface area contributed by atoms with Gasteiger partial charge in [-0.3, -0.25) is 0 Å². The van der Waals surface area contributed by atoms with Crippen LogP contribution in [0, 0.1) is 5.92 Å². The van der Waals surface area contributed by atoms with Crippen LogP contribution in [0.15, 0.2) is 29.6 Å². The van der Waals surface area contributed by atoms with Gasteiger partial charge in [0.15, 0.2) is 0 Å². The molecular weight excluding hydrogens is 244 g/mol. The number of ether oxygens (including phenoxy) is 1. The largest absolute Gasteiger partial charge is 0.390 e. The first-order chi connectivity index (χ1) is 8.63. The molecule has 0 radical (unpaired) electrons. The van der Waals surface area contributed by atoms with Crippen LogP contribution in [-0.4, -0.2) is 24.4 Å². The molecule has 0 aliphatic heterocycles. The zero-order valence-corrected chi connectivity index (χ0v) is 11.9. The number of benzene rings is 1. The summed E-state index contributed by atoms with van der Waals surface area (Å²) in [6, 6.07) is 8.32. The smallest absolute Gasteiger partial charge is 0.0856 e. The van der Waals surface area contributed by atoms with Crippen molar-refractivity contribution in [2.75, 3.05) is 7.11 Å². The summed E-state index contributed by atoms with van der Waals surface area (Å²) in [4.78, 5) is 0. The van der Waals surface area contributed by atoms with Crippen molar-refractivity contribution in [1.29, 1.82) is 0 Å². The topological polar surface area (TPSA) is 29.5 Å². The summed E-state index contributed by atoms with van der Waals surface area (Å²) in [7, 11) is 1.67. The Morgan fingerprint density at radius 3 is 2.67 bits per heavy atom. The molecule has 2 atom stereocenters. The number of aliphatic hydroxyl groups excluding tert-OH is 1.